The number of carbonyl (C=O) groups excluding carboxylic acids is 3. The number of ether oxygens (including phenoxy) is 1. The molecule has 0 aromatic rings. The van der Waals surface area contributed by atoms with E-state index in [4.69, 9.17) is 9.84 Å². The predicted molar refractivity (Wildman–Crippen MR) is 132 cm³/mol. The van der Waals surface area contributed by atoms with Crippen molar-refractivity contribution >= 4 is 23.8 Å². The van der Waals surface area contributed by atoms with Crippen LogP contribution in [0.1, 0.15) is 97.3 Å². The van der Waals surface area contributed by atoms with Gasteiger partial charge in [-0.15, -0.1) is 0 Å². The van der Waals surface area contributed by atoms with E-state index in [2.05, 4.69) is 15.5 Å². The number of carbonyl (C=O) groups is 4. The molecular weight excluding hydrogens is 438 g/mol. The van der Waals surface area contributed by atoms with E-state index in [1.165, 1.54) is 19.8 Å². The molecule has 0 aliphatic heterocycles. The molecule has 0 radical (unpaired) electrons. The van der Waals surface area contributed by atoms with Gasteiger partial charge in [0.2, 0.25) is 11.8 Å². The molecule has 0 aromatic carbocycles. The summed E-state index contributed by atoms with van der Waals surface area (Å²) < 4.78 is 5.08. The minimum absolute atomic E-state index is 0.0759. The number of nitrogens with one attached hydrogen (secondary N) is 2. The second-order valence-electron chi connectivity index (χ2n) is 8.88. The Balaban J connectivity index is 3.84. The summed E-state index contributed by atoms with van der Waals surface area (Å²) in [7, 11) is 1.96. The fraction of sp³-hybridized carbons (Fsp3) is 0.840. The number of hydrogen-bond acceptors (Lipinski definition) is 6. The highest BCUT2D eigenvalue weighted by Crippen LogP contribution is 2.11. The fourth-order valence-electron chi connectivity index (χ4n) is 3.62. The van der Waals surface area contributed by atoms with Crippen molar-refractivity contribution in [2.24, 2.45) is 0 Å². The molecule has 0 saturated heterocycles. The molecule has 0 aliphatic rings. The van der Waals surface area contributed by atoms with Gasteiger partial charge in [0, 0.05) is 26.4 Å². The Labute approximate surface area is 205 Å². The van der Waals surface area contributed by atoms with Crippen LogP contribution in [0.2, 0.25) is 0 Å². The number of nitrogens with zero attached hydrogens (tertiary/aromatic N) is 1. The average molecular weight is 486 g/mol. The van der Waals surface area contributed by atoms with E-state index in [1.54, 1.807) is 6.92 Å². The third-order valence-corrected chi connectivity index (χ3v) is 5.60. The molecule has 1 unspecified atom stereocenters. The number of carboxylic acids is 1. The van der Waals surface area contributed by atoms with Crippen molar-refractivity contribution < 1.29 is 29.0 Å². The summed E-state index contributed by atoms with van der Waals surface area (Å²) >= 11 is 0. The van der Waals surface area contributed by atoms with Gasteiger partial charge in [-0.25, -0.2) is 4.79 Å². The van der Waals surface area contributed by atoms with Gasteiger partial charge in [0.25, 0.3) is 0 Å². The first-order chi connectivity index (χ1) is 16.3. The summed E-state index contributed by atoms with van der Waals surface area (Å²) in [4.78, 5) is 47.9. The molecular formula is C25H47N3O6. The monoisotopic (exact) mass is 485 g/mol. The van der Waals surface area contributed by atoms with Gasteiger partial charge in [-0.05, 0) is 52.6 Å². The van der Waals surface area contributed by atoms with Crippen LogP contribution < -0.4 is 10.6 Å². The minimum Gasteiger partial charge on any atom is -0.481 e. The summed E-state index contributed by atoms with van der Waals surface area (Å²) in [5.41, 5.74) is 0. The highest BCUT2D eigenvalue weighted by molar-refractivity contribution is 5.84. The van der Waals surface area contributed by atoms with E-state index in [0.717, 1.165) is 51.5 Å². The molecule has 0 spiro atoms. The van der Waals surface area contributed by atoms with Crippen LogP contribution in [-0.4, -0.2) is 73.1 Å². The van der Waals surface area contributed by atoms with Gasteiger partial charge in [0.15, 0.2) is 0 Å². The van der Waals surface area contributed by atoms with Crippen LogP contribution in [-0.2, 0) is 23.9 Å². The molecule has 34 heavy (non-hydrogen) atoms. The van der Waals surface area contributed by atoms with Crippen molar-refractivity contribution in [2.75, 3.05) is 33.3 Å². The van der Waals surface area contributed by atoms with Crippen molar-refractivity contribution in [3.8, 4) is 0 Å². The topological polar surface area (TPSA) is 125 Å². The van der Waals surface area contributed by atoms with Gasteiger partial charge >= 0.3 is 11.9 Å². The van der Waals surface area contributed by atoms with E-state index < -0.39 is 18.0 Å². The molecule has 2 amide bonds. The summed E-state index contributed by atoms with van der Waals surface area (Å²) in [5, 5.41) is 14.2. The maximum atomic E-state index is 12.3. The summed E-state index contributed by atoms with van der Waals surface area (Å²) in [6, 6.07) is -0.632. The highest BCUT2D eigenvalue weighted by atomic mass is 16.5. The summed E-state index contributed by atoms with van der Waals surface area (Å²) in [6.45, 7) is 5.58. The van der Waals surface area contributed by atoms with Crippen molar-refractivity contribution in [3.05, 3.63) is 0 Å². The van der Waals surface area contributed by atoms with Crippen molar-refractivity contribution in [1.82, 2.24) is 15.5 Å². The lowest BCUT2D eigenvalue weighted by Gasteiger charge is -2.17. The van der Waals surface area contributed by atoms with Crippen molar-refractivity contribution in [3.63, 3.8) is 0 Å². The van der Waals surface area contributed by atoms with Crippen LogP contribution in [0.3, 0.4) is 0 Å². The van der Waals surface area contributed by atoms with E-state index >= 15 is 0 Å². The van der Waals surface area contributed by atoms with Gasteiger partial charge in [-0.1, -0.05) is 38.5 Å². The molecule has 0 rings (SSSR count). The predicted octanol–water partition coefficient (Wildman–Crippen LogP) is 3.26. The smallest absolute Gasteiger partial charge is 0.328 e. The van der Waals surface area contributed by atoms with Gasteiger partial charge in [0.05, 0.1) is 13.0 Å². The Morgan fingerprint density at radius 1 is 0.853 bits per heavy atom. The van der Waals surface area contributed by atoms with Crippen LogP contribution in [0.4, 0.5) is 0 Å². The third kappa shape index (κ3) is 20.4. The molecule has 0 heterocycles. The average Bonchev–Trinajstić information content (AvgIpc) is 2.77. The van der Waals surface area contributed by atoms with Gasteiger partial charge in [-0.2, -0.15) is 0 Å². The first-order valence-corrected chi connectivity index (χ1v) is 12.9. The SMILES string of the molecule is CCOC(=O)C(CCCCNC(C)=O)NC(=O)CCCCCCCCCCN(C)CCC(=O)O. The van der Waals surface area contributed by atoms with Crippen LogP contribution in [0.25, 0.3) is 0 Å². The third-order valence-electron chi connectivity index (χ3n) is 5.60. The largest absolute Gasteiger partial charge is 0.481 e. The molecule has 9 heteroatoms. The first kappa shape index (κ1) is 31.8. The molecule has 0 fully saturated rings. The first-order valence-electron chi connectivity index (χ1n) is 12.9. The molecule has 0 aliphatic carbocycles. The van der Waals surface area contributed by atoms with Gasteiger partial charge in [-0.3, -0.25) is 14.4 Å². The van der Waals surface area contributed by atoms with E-state index in [-0.39, 0.29) is 24.8 Å². The number of amides is 2. The van der Waals surface area contributed by atoms with E-state index in [0.29, 0.717) is 32.4 Å². The van der Waals surface area contributed by atoms with Crippen molar-refractivity contribution in [1.29, 1.82) is 0 Å². The van der Waals surface area contributed by atoms with Crippen LogP contribution >= 0.6 is 0 Å². The zero-order chi connectivity index (χ0) is 25.6. The zero-order valence-corrected chi connectivity index (χ0v) is 21.5. The molecule has 0 aromatic heterocycles. The highest BCUT2D eigenvalue weighted by Gasteiger charge is 2.21. The number of hydrogen-bond donors (Lipinski definition) is 3. The number of unbranched alkanes of at least 4 members (excludes halogenated alkanes) is 8. The normalized spacial score (nSPS) is 11.8. The van der Waals surface area contributed by atoms with Crippen LogP contribution in [0.5, 0.6) is 0 Å². The lowest BCUT2D eigenvalue weighted by atomic mass is 10.1. The molecule has 3 N–H and O–H groups in total. The standard InChI is InChI=1S/C25H47N3O6/c1-4-34-25(33)22(15-12-13-18-26-21(2)29)27-23(30)16-11-9-7-5-6-8-10-14-19-28(3)20-17-24(31)32/h22H,4-20H2,1-3H3,(H,26,29)(H,27,30)(H,31,32). The summed E-state index contributed by atoms with van der Waals surface area (Å²) in [5.74, 6) is -1.35. The van der Waals surface area contributed by atoms with E-state index in [1.807, 2.05) is 7.05 Å². The number of carboxylic acid groups (broad SMARTS) is 1. The lowest BCUT2D eigenvalue weighted by molar-refractivity contribution is -0.147. The Kier molecular flexibility index (Phi) is 20.0. The summed E-state index contributed by atoms with van der Waals surface area (Å²) in [6.07, 6.45) is 11.2. The van der Waals surface area contributed by atoms with Gasteiger partial charge < -0.3 is 25.4 Å². The number of aliphatic carboxylic acids is 1. The molecule has 0 bridgehead atoms. The Morgan fingerprint density at radius 3 is 2.06 bits per heavy atom. The van der Waals surface area contributed by atoms with E-state index in [9.17, 15) is 19.2 Å². The Morgan fingerprint density at radius 2 is 1.47 bits per heavy atom. The molecule has 198 valence electrons. The fourth-order valence-corrected chi connectivity index (χ4v) is 3.62. The maximum Gasteiger partial charge on any atom is 0.328 e. The quantitative estimate of drug-likeness (QED) is 0.159. The molecule has 1 atom stereocenters. The Hall–Kier alpha value is -2.16. The zero-order valence-electron chi connectivity index (χ0n) is 21.5. The van der Waals surface area contributed by atoms with Crippen molar-refractivity contribution in [2.45, 2.75) is 103 Å². The maximum absolute atomic E-state index is 12.3. The molecule has 0 saturated carbocycles. The number of esters is 1. The lowest BCUT2D eigenvalue weighted by Crippen LogP contribution is -2.41. The van der Waals surface area contributed by atoms with Gasteiger partial charge in [0.1, 0.15) is 6.04 Å². The second-order valence-corrected chi connectivity index (χ2v) is 8.88. The number of rotatable bonds is 22. The minimum atomic E-state index is -0.751. The Bertz CT molecular complexity index is 585. The molecule has 9 nitrogen and oxygen atoms in total. The van der Waals surface area contributed by atoms with Crippen LogP contribution in [0, 0.1) is 0 Å². The van der Waals surface area contributed by atoms with Crippen LogP contribution in [0.15, 0.2) is 0 Å². The second kappa shape index (κ2) is 21.4.